The molecule has 1 aliphatic carbocycles. The van der Waals surface area contributed by atoms with E-state index in [1.807, 2.05) is 6.07 Å². The molecule has 0 heterocycles. The first-order valence-corrected chi connectivity index (χ1v) is 10.5. The molecule has 0 aromatic heterocycles. The van der Waals surface area contributed by atoms with Crippen molar-refractivity contribution in [2.24, 2.45) is 0 Å². The number of nitrogens with one attached hydrogen (secondary N) is 2. The zero-order chi connectivity index (χ0) is 23.6. The quantitative estimate of drug-likeness (QED) is 0.523. The normalized spacial score (nSPS) is 18.5. The lowest BCUT2D eigenvalue weighted by Gasteiger charge is -2.31. The first kappa shape index (κ1) is 22.4. The Bertz CT molecular complexity index is 1250. The summed E-state index contributed by atoms with van der Waals surface area (Å²) in [6, 6.07) is 13.6. The number of alkyl halides is 3. The summed E-state index contributed by atoms with van der Waals surface area (Å²) in [5, 5.41) is 14.4. The number of hydrogen-bond acceptors (Lipinski definition) is 6. The van der Waals surface area contributed by atoms with Gasteiger partial charge < -0.3 is 15.4 Å². The maximum absolute atomic E-state index is 13.2. The number of nitriles is 1. The van der Waals surface area contributed by atoms with Crippen LogP contribution in [0.4, 0.5) is 30.2 Å². The minimum Gasteiger partial charge on any atom is -0.490 e. The van der Waals surface area contributed by atoms with Gasteiger partial charge in [0.2, 0.25) is 0 Å². The molecule has 1 saturated carbocycles. The minimum absolute atomic E-state index is 0.0217. The van der Waals surface area contributed by atoms with Gasteiger partial charge in [0.1, 0.15) is 17.1 Å². The van der Waals surface area contributed by atoms with E-state index in [4.69, 9.17) is 10.00 Å². The average Bonchev–Trinajstić information content (AvgIpc) is 2.82. The Kier molecular flexibility index (Phi) is 6.09. The first-order chi connectivity index (χ1) is 15.8. The summed E-state index contributed by atoms with van der Waals surface area (Å²) in [4.78, 5) is 24.1. The van der Waals surface area contributed by atoms with E-state index in [0.29, 0.717) is 37.0 Å². The van der Waals surface area contributed by atoms with Crippen LogP contribution in [0.1, 0.15) is 36.8 Å². The van der Waals surface area contributed by atoms with Crippen molar-refractivity contribution in [2.45, 2.75) is 44.0 Å². The summed E-state index contributed by atoms with van der Waals surface area (Å²) >= 11 is 0. The smallest absolute Gasteiger partial charge is 0.418 e. The van der Waals surface area contributed by atoms with Crippen molar-refractivity contribution in [1.29, 1.82) is 5.26 Å². The van der Waals surface area contributed by atoms with Gasteiger partial charge in [-0.25, -0.2) is 0 Å². The highest BCUT2D eigenvalue weighted by Crippen LogP contribution is 2.36. The van der Waals surface area contributed by atoms with Gasteiger partial charge in [-0.2, -0.15) is 18.4 Å². The van der Waals surface area contributed by atoms with Gasteiger partial charge in [-0.3, -0.25) is 9.59 Å². The number of rotatable bonds is 6. The van der Waals surface area contributed by atoms with Gasteiger partial charge in [0.05, 0.1) is 29.0 Å². The van der Waals surface area contributed by atoms with Gasteiger partial charge >= 0.3 is 6.18 Å². The summed E-state index contributed by atoms with van der Waals surface area (Å²) in [7, 11) is 0. The number of nitrogens with zero attached hydrogens (tertiary/aromatic N) is 1. The van der Waals surface area contributed by atoms with Crippen LogP contribution in [0.3, 0.4) is 0 Å². The van der Waals surface area contributed by atoms with Crippen molar-refractivity contribution in [2.75, 3.05) is 10.6 Å². The highest BCUT2D eigenvalue weighted by molar-refractivity contribution is 5.80. The van der Waals surface area contributed by atoms with E-state index < -0.39 is 22.6 Å². The Hall–Kier alpha value is -3.80. The van der Waals surface area contributed by atoms with Crippen molar-refractivity contribution in [1.82, 2.24) is 0 Å². The van der Waals surface area contributed by atoms with Gasteiger partial charge in [0.15, 0.2) is 0 Å². The number of para-hydroxylation sites is 1. The number of hydrogen-bond donors (Lipinski definition) is 2. The standard InChI is InChI=1S/C24H20F3N3O3/c25-24(26,27)18-3-1-2-4-19(18)30-21-20(22(31)23(21)32)29-15-7-11-17(12-8-15)33-16-9-5-14(13-28)6-10-16/h1-6,9-10,15,17,29-30H,7-8,11-12H2. The highest BCUT2D eigenvalue weighted by Gasteiger charge is 2.34. The van der Waals surface area contributed by atoms with Crippen LogP contribution in [-0.2, 0) is 6.18 Å². The summed E-state index contributed by atoms with van der Waals surface area (Å²) in [6.45, 7) is 0. The number of benzene rings is 2. The maximum atomic E-state index is 13.2. The third kappa shape index (κ3) is 4.85. The van der Waals surface area contributed by atoms with Gasteiger partial charge in [0.25, 0.3) is 10.9 Å². The molecule has 0 radical (unpaired) electrons. The third-order valence-electron chi connectivity index (χ3n) is 5.71. The second-order valence-corrected chi connectivity index (χ2v) is 7.95. The zero-order valence-corrected chi connectivity index (χ0v) is 17.4. The molecule has 0 amide bonds. The molecule has 33 heavy (non-hydrogen) atoms. The van der Waals surface area contributed by atoms with Gasteiger partial charge in [-0.15, -0.1) is 0 Å². The Labute approximate surface area is 187 Å². The van der Waals surface area contributed by atoms with E-state index in [2.05, 4.69) is 10.6 Å². The molecule has 0 aliphatic heterocycles. The molecule has 9 heteroatoms. The van der Waals surface area contributed by atoms with E-state index in [0.717, 1.165) is 6.07 Å². The maximum Gasteiger partial charge on any atom is 0.418 e. The number of ether oxygens (including phenoxy) is 1. The van der Waals surface area contributed by atoms with Crippen LogP contribution in [0.2, 0.25) is 0 Å². The molecule has 0 bridgehead atoms. The zero-order valence-electron chi connectivity index (χ0n) is 17.4. The monoisotopic (exact) mass is 455 g/mol. The third-order valence-corrected chi connectivity index (χ3v) is 5.71. The summed E-state index contributed by atoms with van der Waals surface area (Å²) < 4.78 is 45.7. The van der Waals surface area contributed by atoms with E-state index >= 15 is 0 Å². The second kappa shape index (κ2) is 8.98. The van der Waals surface area contributed by atoms with Crippen molar-refractivity contribution in [3.63, 3.8) is 0 Å². The molecule has 4 rings (SSSR count). The van der Waals surface area contributed by atoms with Crippen LogP contribution >= 0.6 is 0 Å². The molecule has 2 N–H and O–H groups in total. The molecule has 0 atom stereocenters. The van der Waals surface area contributed by atoms with Gasteiger partial charge in [0, 0.05) is 6.04 Å². The van der Waals surface area contributed by atoms with Crippen LogP contribution in [0.5, 0.6) is 5.75 Å². The fourth-order valence-electron chi connectivity index (χ4n) is 3.95. The topological polar surface area (TPSA) is 91.2 Å². The second-order valence-electron chi connectivity index (χ2n) is 7.95. The van der Waals surface area contributed by atoms with Crippen LogP contribution in [0.15, 0.2) is 58.1 Å². The van der Waals surface area contributed by atoms with E-state index in [9.17, 15) is 22.8 Å². The average molecular weight is 455 g/mol. The lowest BCUT2D eigenvalue weighted by molar-refractivity contribution is -0.136. The SMILES string of the molecule is N#Cc1ccc(OC2CCC(Nc3c(Nc4ccccc4C(F)(F)F)c(=O)c3=O)CC2)cc1. The largest absolute Gasteiger partial charge is 0.490 e. The molecule has 0 unspecified atom stereocenters. The molecule has 1 aliphatic rings. The predicted octanol–water partition coefficient (Wildman–Crippen LogP) is 4.72. The molecule has 0 spiro atoms. The molecule has 3 aromatic carbocycles. The lowest BCUT2D eigenvalue weighted by Crippen LogP contribution is -2.40. The van der Waals surface area contributed by atoms with Crippen LogP contribution in [0.25, 0.3) is 0 Å². The first-order valence-electron chi connectivity index (χ1n) is 10.5. The van der Waals surface area contributed by atoms with Gasteiger partial charge in [-0.05, 0) is 62.1 Å². The van der Waals surface area contributed by atoms with E-state index in [1.54, 1.807) is 24.3 Å². The Morgan fingerprint density at radius 3 is 2.18 bits per heavy atom. The molecule has 6 nitrogen and oxygen atoms in total. The summed E-state index contributed by atoms with van der Waals surface area (Å²) in [5.41, 5.74) is -2.35. The lowest BCUT2D eigenvalue weighted by atomic mass is 9.92. The predicted molar refractivity (Wildman–Crippen MR) is 118 cm³/mol. The molecule has 170 valence electrons. The van der Waals surface area contributed by atoms with Crippen molar-refractivity contribution >= 4 is 17.1 Å². The van der Waals surface area contributed by atoms with E-state index in [1.165, 1.54) is 18.2 Å². The van der Waals surface area contributed by atoms with Crippen molar-refractivity contribution in [3.05, 3.63) is 80.1 Å². The molecule has 1 fully saturated rings. The van der Waals surface area contributed by atoms with E-state index in [-0.39, 0.29) is 29.2 Å². The fraction of sp³-hybridized carbons (Fsp3) is 0.292. The number of anilines is 3. The fourth-order valence-corrected chi connectivity index (χ4v) is 3.95. The Morgan fingerprint density at radius 2 is 1.55 bits per heavy atom. The van der Waals surface area contributed by atoms with Crippen molar-refractivity contribution < 1.29 is 17.9 Å². The molecule has 0 saturated heterocycles. The van der Waals surface area contributed by atoms with Crippen LogP contribution in [-0.4, -0.2) is 12.1 Å². The Morgan fingerprint density at radius 1 is 0.909 bits per heavy atom. The van der Waals surface area contributed by atoms with Crippen LogP contribution < -0.4 is 26.2 Å². The molecule has 3 aromatic rings. The number of halogens is 3. The van der Waals surface area contributed by atoms with Gasteiger partial charge in [-0.1, -0.05) is 12.1 Å². The molecular formula is C24H20F3N3O3. The Balaban J connectivity index is 1.39. The minimum atomic E-state index is -4.60. The molecular weight excluding hydrogens is 435 g/mol. The highest BCUT2D eigenvalue weighted by atomic mass is 19.4. The van der Waals surface area contributed by atoms with Crippen LogP contribution in [0, 0.1) is 11.3 Å². The summed E-state index contributed by atoms with van der Waals surface area (Å²) in [5.74, 6) is 0.669. The summed E-state index contributed by atoms with van der Waals surface area (Å²) in [6.07, 6.45) is -1.89. The van der Waals surface area contributed by atoms with Crippen molar-refractivity contribution in [3.8, 4) is 11.8 Å².